The largest absolute Gasteiger partial charge is 0.494 e. The fourth-order valence-corrected chi connectivity index (χ4v) is 2.98. The van der Waals surface area contributed by atoms with E-state index in [-0.39, 0.29) is 11.8 Å². The summed E-state index contributed by atoms with van der Waals surface area (Å²) in [5, 5.41) is 3.27. The second kappa shape index (κ2) is 8.53. The zero-order valence-corrected chi connectivity index (χ0v) is 15.6. The summed E-state index contributed by atoms with van der Waals surface area (Å²) >= 11 is 0. The molecule has 1 aliphatic heterocycles. The third kappa shape index (κ3) is 4.75. The molecule has 1 aromatic heterocycles. The molecule has 1 N–H and O–H groups in total. The van der Waals surface area contributed by atoms with Gasteiger partial charge in [0.05, 0.1) is 6.61 Å². The molecule has 0 radical (unpaired) electrons. The smallest absolute Gasteiger partial charge is 0.272 e. The van der Waals surface area contributed by atoms with E-state index in [0.717, 1.165) is 17.1 Å². The molecule has 0 atom stereocenters. The molecule has 3 rings (SSSR count). The van der Waals surface area contributed by atoms with Crippen LogP contribution in [0.2, 0.25) is 0 Å². The summed E-state index contributed by atoms with van der Waals surface area (Å²) in [7, 11) is 0. The van der Waals surface area contributed by atoms with E-state index in [4.69, 9.17) is 4.74 Å². The van der Waals surface area contributed by atoms with Gasteiger partial charge in [0, 0.05) is 50.7 Å². The van der Waals surface area contributed by atoms with Gasteiger partial charge in [0.15, 0.2) is 0 Å². The van der Waals surface area contributed by atoms with E-state index in [9.17, 15) is 9.59 Å². The maximum atomic E-state index is 12.7. The number of nitrogens with zero attached hydrogens (tertiary/aromatic N) is 3. The summed E-state index contributed by atoms with van der Waals surface area (Å²) in [5.41, 5.74) is 2.08. The van der Waals surface area contributed by atoms with Gasteiger partial charge in [0.25, 0.3) is 5.91 Å². The van der Waals surface area contributed by atoms with Crippen molar-refractivity contribution in [3.05, 3.63) is 48.3 Å². The Kier molecular flexibility index (Phi) is 5.90. The number of piperazine rings is 1. The highest BCUT2D eigenvalue weighted by Gasteiger charge is 2.24. The van der Waals surface area contributed by atoms with Crippen molar-refractivity contribution in [2.75, 3.05) is 38.1 Å². The lowest BCUT2D eigenvalue weighted by Gasteiger charge is -2.34. The van der Waals surface area contributed by atoms with E-state index in [1.807, 2.05) is 37.3 Å². The van der Waals surface area contributed by atoms with Crippen LogP contribution in [0.15, 0.2) is 42.6 Å². The summed E-state index contributed by atoms with van der Waals surface area (Å²) in [6.07, 6.45) is 1.62. The third-order valence-electron chi connectivity index (χ3n) is 4.45. The Bertz CT molecular complexity index is 799. The number of amides is 2. The molecular formula is C20H24N4O3. The number of ether oxygens (including phenoxy) is 1. The monoisotopic (exact) mass is 368 g/mol. The predicted molar refractivity (Wildman–Crippen MR) is 103 cm³/mol. The first-order chi connectivity index (χ1) is 13.1. The zero-order valence-electron chi connectivity index (χ0n) is 15.6. The summed E-state index contributed by atoms with van der Waals surface area (Å²) in [4.78, 5) is 31.8. The Morgan fingerprint density at radius 2 is 1.70 bits per heavy atom. The highest BCUT2D eigenvalue weighted by molar-refractivity contribution is 5.93. The van der Waals surface area contributed by atoms with Crippen LogP contribution >= 0.6 is 0 Å². The van der Waals surface area contributed by atoms with Gasteiger partial charge in [0.1, 0.15) is 11.4 Å². The lowest BCUT2D eigenvalue weighted by atomic mass is 10.2. The van der Waals surface area contributed by atoms with Crippen molar-refractivity contribution in [3.8, 4) is 5.75 Å². The summed E-state index contributed by atoms with van der Waals surface area (Å²) in [6.45, 7) is 6.30. The average molecular weight is 368 g/mol. The highest BCUT2D eigenvalue weighted by atomic mass is 16.5. The first kappa shape index (κ1) is 18.7. The van der Waals surface area contributed by atoms with Gasteiger partial charge in [-0.1, -0.05) is 0 Å². The fourth-order valence-electron chi connectivity index (χ4n) is 2.98. The van der Waals surface area contributed by atoms with Crippen molar-refractivity contribution in [1.29, 1.82) is 0 Å². The van der Waals surface area contributed by atoms with Crippen molar-refractivity contribution in [1.82, 2.24) is 14.8 Å². The summed E-state index contributed by atoms with van der Waals surface area (Å²) in [5.74, 6) is 0.744. The van der Waals surface area contributed by atoms with Crippen molar-refractivity contribution in [2.45, 2.75) is 13.8 Å². The van der Waals surface area contributed by atoms with Crippen molar-refractivity contribution >= 4 is 23.2 Å². The minimum absolute atomic E-state index is 0.0433. The normalized spacial score (nSPS) is 14.0. The number of nitrogens with one attached hydrogen (secondary N) is 1. The minimum Gasteiger partial charge on any atom is -0.494 e. The van der Waals surface area contributed by atoms with E-state index >= 15 is 0 Å². The van der Waals surface area contributed by atoms with Gasteiger partial charge in [-0.3, -0.25) is 14.6 Å². The topological polar surface area (TPSA) is 74.8 Å². The predicted octanol–water partition coefficient (Wildman–Crippen LogP) is 2.53. The summed E-state index contributed by atoms with van der Waals surface area (Å²) in [6, 6.07) is 11.2. The van der Waals surface area contributed by atoms with E-state index in [1.54, 1.807) is 29.0 Å². The summed E-state index contributed by atoms with van der Waals surface area (Å²) < 4.78 is 5.44. The number of pyridine rings is 1. The molecule has 1 saturated heterocycles. The van der Waals surface area contributed by atoms with E-state index in [1.165, 1.54) is 0 Å². The Hall–Kier alpha value is -3.09. The Labute approximate surface area is 158 Å². The first-order valence-corrected chi connectivity index (χ1v) is 9.07. The molecule has 0 saturated carbocycles. The number of hydrogen-bond acceptors (Lipinski definition) is 5. The molecule has 1 fully saturated rings. The van der Waals surface area contributed by atoms with Gasteiger partial charge in [-0.2, -0.15) is 0 Å². The van der Waals surface area contributed by atoms with Gasteiger partial charge >= 0.3 is 0 Å². The van der Waals surface area contributed by atoms with Crippen LogP contribution in [0.5, 0.6) is 5.75 Å². The van der Waals surface area contributed by atoms with Crippen molar-refractivity contribution in [2.24, 2.45) is 0 Å². The lowest BCUT2D eigenvalue weighted by Crippen LogP contribution is -2.50. The van der Waals surface area contributed by atoms with Gasteiger partial charge in [-0.25, -0.2) is 0 Å². The molecular weight excluding hydrogens is 344 g/mol. The van der Waals surface area contributed by atoms with Crippen LogP contribution < -0.4 is 10.1 Å². The van der Waals surface area contributed by atoms with Crippen LogP contribution in [0.25, 0.3) is 0 Å². The lowest BCUT2D eigenvalue weighted by molar-refractivity contribution is -0.130. The number of carbonyl (C=O) groups is 2. The Morgan fingerprint density at radius 3 is 2.33 bits per heavy atom. The van der Waals surface area contributed by atoms with Crippen molar-refractivity contribution in [3.63, 3.8) is 0 Å². The number of benzene rings is 1. The number of rotatable bonds is 5. The molecule has 7 heteroatoms. The van der Waals surface area contributed by atoms with E-state index < -0.39 is 0 Å². The number of aromatic nitrogens is 1. The standard InChI is InChI=1S/C20H24N4O3/c1-3-27-18-6-4-16(5-7-18)22-17-8-9-21-19(14-17)20(26)24-12-10-23(11-13-24)15(2)25/h4-9,14H,3,10-13H2,1-2H3,(H,21,22). The molecule has 0 bridgehead atoms. The SMILES string of the molecule is CCOc1ccc(Nc2ccnc(C(=O)N3CCN(C(C)=O)CC3)c2)cc1. The average Bonchev–Trinajstić information content (AvgIpc) is 2.69. The minimum atomic E-state index is -0.117. The second-order valence-corrected chi connectivity index (χ2v) is 6.31. The molecule has 27 heavy (non-hydrogen) atoms. The Morgan fingerprint density at radius 1 is 1.04 bits per heavy atom. The zero-order chi connectivity index (χ0) is 19.2. The molecule has 7 nitrogen and oxygen atoms in total. The molecule has 0 unspecified atom stereocenters. The molecule has 1 aromatic carbocycles. The maximum Gasteiger partial charge on any atom is 0.272 e. The Balaban J connectivity index is 1.64. The quantitative estimate of drug-likeness (QED) is 0.878. The molecule has 142 valence electrons. The van der Waals surface area contributed by atoms with Crippen molar-refractivity contribution < 1.29 is 14.3 Å². The second-order valence-electron chi connectivity index (χ2n) is 6.31. The van der Waals surface area contributed by atoms with Crippen LogP contribution in [-0.4, -0.2) is 59.4 Å². The van der Waals surface area contributed by atoms with Gasteiger partial charge in [0.2, 0.25) is 5.91 Å². The van der Waals surface area contributed by atoms with Gasteiger partial charge < -0.3 is 19.9 Å². The van der Waals surface area contributed by atoms with Gasteiger partial charge in [-0.05, 0) is 43.3 Å². The van der Waals surface area contributed by atoms with E-state index in [2.05, 4.69) is 10.3 Å². The fraction of sp³-hybridized carbons (Fsp3) is 0.350. The van der Waals surface area contributed by atoms with Crippen LogP contribution in [0.4, 0.5) is 11.4 Å². The maximum absolute atomic E-state index is 12.7. The molecule has 0 spiro atoms. The third-order valence-corrected chi connectivity index (χ3v) is 4.45. The molecule has 2 amide bonds. The van der Waals surface area contributed by atoms with Crippen LogP contribution in [0, 0.1) is 0 Å². The molecule has 0 aliphatic carbocycles. The molecule has 2 aromatic rings. The van der Waals surface area contributed by atoms with Crippen LogP contribution in [-0.2, 0) is 4.79 Å². The number of carbonyl (C=O) groups excluding carboxylic acids is 2. The molecule has 1 aliphatic rings. The number of anilines is 2. The van der Waals surface area contributed by atoms with Crippen LogP contribution in [0.1, 0.15) is 24.3 Å². The number of hydrogen-bond donors (Lipinski definition) is 1. The van der Waals surface area contributed by atoms with E-state index in [0.29, 0.717) is 38.5 Å². The highest BCUT2D eigenvalue weighted by Crippen LogP contribution is 2.21. The van der Waals surface area contributed by atoms with Crippen LogP contribution in [0.3, 0.4) is 0 Å². The first-order valence-electron chi connectivity index (χ1n) is 9.07. The molecule has 2 heterocycles. The van der Waals surface area contributed by atoms with Gasteiger partial charge in [-0.15, -0.1) is 0 Å².